The van der Waals surface area contributed by atoms with Crippen molar-refractivity contribution in [1.29, 1.82) is 0 Å². The highest BCUT2D eigenvalue weighted by Gasteiger charge is 2.34. The second-order valence-electron chi connectivity index (χ2n) is 7.79. The van der Waals surface area contributed by atoms with E-state index in [1.165, 1.54) is 12.8 Å². The van der Waals surface area contributed by atoms with Gasteiger partial charge in [-0.1, -0.05) is 12.1 Å². The number of piperidine rings is 1. The van der Waals surface area contributed by atoms with Crippen molar-refractivity contribution in [3.63, 3.8) is 0 Å². The van der Waals surface area contributed by atoms with E-state index in [-0.39, 0.29) is 36.8 Å². The van der Waals surface area contributed by atoms with Crippen LogP contribution < -0.4 is 15.4 Å². The number of carbonyl (C=O) groups is 1. The monoisotopic (exact) mass is 448 g/mol. The fourth-order valence-corrected chi connectivity index (χ4v) is 4.38. The molecule has 2 fully saturated rings. The highest BCUT2D eigenvalue weighted by molar-refractivity contribution is 5.94. The number of halogens is 2. The molecule has 4 heterocycles. The van der Waals surface area contributed by atoms with Crippen LogP contribution in [0.5, 0.6) is 5.75 Å². The average Bonchev–Trinajstić information content (AvgIpc) is 3.28. The van der Waals surface area contributed by atoms with Crippen LogP contribution in [0.4, 0.5) is 0 Å². The predicted molar refractivity (Wildman–Crippen MR) is 121 cm³/mol. The molecule has 5 rings (SSSR count). The van der Waals surface area contributed by atoms with Crippen molar-refractivity contribution in [3.8, 4) is 5.75 Å². The van der Waals surface area contributed by atoms with Gasteiger partial charge in [-0.05, 0) is 56.0 Å². The fourth-order valence-electron chi connectivity index (χ4n) is 4.38. The van der Waals surface area contributed by atoms with Gasteiger partial charge in [-0.25, -0.2) is 4.98 Å². The summed E-state index contributed by atoms with van der Waals surface area (Å²) in [7, 11) is 0. The normalized spacial score (nSPS) is 22.1. The number of benzene rings is 1. The summed E-state index contributed by atoms with van der Waals surface area (Å²) >= 11 is 0. The van der Waals surface area contributed by atoms with E-state index in [9.17, 15) is 4.79 Å². The number of rotatable bonds is 5. The number of hydrogen-bond acceptors (Lipinski definition) is 4. The third-order valence-corrected chi connectivity index (χ3v) is 5.71. The molecule has 160 valence electrons. The highest BCUT2D eigenvalue weighted by atomic mass is 35.5. The van der Waals surface area contributed by atoms with Crippen molar-refractivity contribution in [3.05, 3.63) is 66.1 Å². The molecule has 1 amide bonds. The first-order valence-corrected chi connectivity index (χ1v) is 9.95. The Morgan fingerprint density at radius 2 is 1.93 bits per heavy atom. The van der Waals surface area contributed by atoms with Crippen LogP contribution in [-0.2, 0) is 6.61 Å². The first-order valence-electron chi connectivity index (χ1n) is 9.95. The van der Waals surface area contributed by atoms with Crippen LogP contribution in [-0.4, -0.2) is 33.4 Å². The van der Waals surface area contributed by atoms with Gasteiger partial charge >= 0.3 is 0 Å². The largest absolute Gasteiger partial charge is 0.487 e. The Labute approximate surface area is 188 Å². The molecule has 0 saturated carbocycles. The van der Waals surface area contributed by atoms with E-state index >= 15 is 0 Å². The number of fused-ring (bicyclic) bond motifs is 3. The molecule has 2 atom stereocenters. The Morgan fingerprint density at radius 3 is 2.70 bits per heavy atom. The second kappa shape index (κ2) is 9.69. The molecule has 2 saturated heterocycles. The van der Waals surface area contributed by atoms with Gasteiger partial charge in [0, 0.05) is 36.1 Å². The van der Waals surface area contributed by atoms with Crippen molar-refractivity contribution in [2.75, 3.05) is 0 Å². The van der Waals surface area contributed by atoms with E-state index in [0.717, 1.165) is 24.2 Å². The summed E-state index contributed by atoms with van der Waals surface area (Å²) < 4.78 is 7.85. The molecule has 0 spiro atoms. The minimum atomic E-state index is -0.0236. The van der Waals surface area contributed by atoms with Crippen LogP contribution >= 0.6 is 24.8 Å². The average molecular weight is 449 g/mol. The lowest BCUT2D eigenvalue weighted by Gasteiger charge is -2.29. The quantitative estimate of drug-likeness (QED) is 0.623. The number of pyridine rings is 1. The number of hydrogen-bond donors (Lipinski definition) is 2. The van der Waals surface area contributed by atoms with Crippen LogP contribution in [0.3, 0.4) is 0 Å². The maximum absolute atomic E-state index is 12.7. The van der Waals surface area contributed by atoms with Crippen LogP contribution in [0.2, 0.25) is 0 Å². The molecule has 1 aromatic carbocycles. The minimum absolute atomic E-state index is 0. The third kappa shape index (κ3) is 4.89. The van der Waals surface area contributed by atoms with E-state index in [1.54, 1.807) is 6.07 Å². The summed E-state index contributed by atoms with van der Waals surface area (Å²) in [6.07, 6.45) is 8.41. The first-order chi connectivity index (χ1) is 13.7. The zero-order chi connectivity index (χ0) is 18.9. The van der Waals surface area contributed by atoms with Crippen molar-refractivity contribution in [2.24, 2.45) is 0 Å². The maximum atomic E-state index is 12.7. The van der Waals surface area contributed by atoms with E-state index in [0.29, 0.717) is 30.0 Å². The molecule has 2 aromatic heterocycles. The van der Waals surface area contributed by atoms with Crippen molar-refractivity contribution in [2.45, 2.75) is 50.4 Å². The lowest BCUT2D eigenvalue weighted by Crippen LogP contribution is -2.48. The van der Waals surface area contributed by atoms with Crippen LogP contribution in [0.15, 0.2) is 54.9 Å². The third-order valence-electron chi connectivity index (χ3n) is 5.71. The van der Waals surface area contributed by atoms with E-state index in [1.807, 2.05) is 53.2 Å². The molecule has 8 heteroatoms. The van der Waals surface area contributed by atoms with Crippen LogP contribution in [0, 0.1) is 0 Å². The number of nitrogens with one attached hydrogen (secondary N) is 2. The topological polar surface area (TPSA) is 67.7 Å². The van der Waals surface area contributed by atoms with E-state index < -0.39 is 0 Å². The summed E-state index contributed by atoms with van der Waals surface area (Å²) in [5, 5.41) is 6.81. The molecule has 2 bridgehead atoms. The SMILES string of the molecule is Cl.Cl.O=C(NC1CC2CCC(C1)N2)c1cccc(OCc2cn3ccccc3n2)c1. The predicted octanol–water partition coefficient (Wildman–Crippen LogP) is 3.77. The Balaban J connectivity index is 0.00000128. The summed E-state index contributed by atoms with van der Waals surface area (Å²) in [4.78, 5) is 17.2. The number of imidazole rings is 1. The van der Waals surface area contributed by atoms with Gasteiger partial charge in [0.05, 0.1) is 5.69 Å². The molecule has 2 aliphatic heterocycles. The van der Waals surface area contributed by atoms with Crippen molar-refractivity contribution >= 4 is 36.4 Å². The molecule has 0 aliphatic carbocycles. The standard InChI is InChI=1S/C22H24N4O2.2ClH/c27-22(25-18-11-16-7-8-17(12-18)23-16)15-4-3-5-20(10-15)28-14-19-13-26-9-2-1-6-21(26)24-19;;/h1-6,9-10,13,16-18,23H,7-8,11-12,14H2,(H,25,27);2*1H. The van der Waals surface area contributed by atoms with Crippen LogP contribution in [0.25, 0.3) is 5.65 Å². The van der Waals surface area contributed by atoms with Gasteiger partial charge in [-0.15, -0.1) is 24.8 Å². The molecule has 2 aliphatic rings. The molecule has 30 heavy (non-hydrogen) atoms. The van der Waals surface area contributed by atoms with E-state index in [4.69, 9.17) is 4.74 Å². The Kier molecular flexibility index (Phi) is 7.23. The number of aromatic nitrogens is 2. The number of carbonyl (C=O) groups excluding carboxylic acids is 1. The Morgan fingerprint density at radius 1 is 1.13 bits per heavy atom. The van der Waals surface area contributed by atoms with Crippen molar-refractivity contribution in [1.82, 2.24) is 20.0 Å². The van der Waals surface area contributed by atoms with Gasteiger partial charge in [0.2, 0.25) is 0 Å². The van der Waals surface area contributed by atoms with Gasteiger partial charge in [-0.2, -0.15) is 0 Å². The summed E-state index contributed by atoms with van der Waals surface area (Å²) in [5.41, 5.74) is 2.38. The van der Waals surface area contributed by atoms with Gasteiger partial charge in [0.1, 0.15) is 18.0 Å². The number of ether oxygens (including phenoxy) is 1. The zero-order valence-electron chi connectivity index (χ0n) is 16.5. The van der Waals surface area contributed by atoms with Crippen molar-refractivity contribution < 1.29 is 9.53 Å². The van der Waals surface area contributed by atoms with Gasteiger partial charge in [0.25, 0.3) is 5.91 Å². The highest BCUT2D eigenvalue weighted by Crippen LogP contribution is 2.27. The van der Waals surface area contributed by atoms with Gasteiger partial charge < -0.3 is 19.8 Å². The molecule has 2 unspecified atom stereocenters. The summed E-state index contributed by atoms with van der Waals surface area (Å²) in [6.45, 7) is 0.365. The Hall–Kier alpha value is -2.28. The Bertz CT molecular complexity index is 964. The van der Waals surface area contributed by atoms with Crippen LogP contribution in [0.1, 0.15) is 41.7 Å². The summed E-state index contributed by atoms with van der Waals surface area (Å²) in [6, 6.07) is 14.6. The maximum Gasteiger partial charge on any atom is 0.251 e. The summed E-state index contributed by atoms with van der Waals surface area (Å²) in [5.74, 6) is 0.652. The second-order valence-corrected chi connectivity index (χ2v) is 7.79. The fraction of sp³-hybridized carbons (Fsp3) is 0.364. The number of nitrogens with zero attached hydrogens (tertiary/aromatic N) is 2. The molecule has 2 N–H and O–H groups in total. The molecular weight excluding hydrogens is 423 g/mol. The van der Waals surface area contributed by atoms with Gasteiger partial charge in [0.15, 0.2) is 0 Å². The molecule has 6 nitrogen and oxygen atoms in total. The lowest BCUT2D eigenvalue weighted by molar-refractivity contribution is 0.0923. The minimum Gasteiger partial charge on any atom is -0.487 e. The molecule has 0 radical (unpaired) electrons. The van der Waals surface area contributed by atoms with E-state index in [2.05, 4.69) is 15.6 Å². The lowest BCUT2D eigenvalue weighted by atomic mass is 9.99. The molecule has 3 aromatic rings. The number of amides is 1. The smallest absolute Gasteiger partial charge is 0.251 e. The molecular formula is C22H26Cl2N4O2. The van der Waals surface area contributed by atoms with Gasteiger partial charge in [-0.3, -0.25) is 4.79 Å². The first kappa shape index (κ1) is 22.4. The zero-order valence-corrected chi connectivity index (χ0v) is 18.1.